The third-order valence-corrected chi connectivity index (χ3v) is 2.90. The molecule has 0 saturated carbocycles. The Kier molecular flexibility index (Phi) is 4.91. The number of nitrogens with zero attached hydrogens (tertiary/aromatic N) is 3. The van der Waals surface area contributed by atoms with Crippen LogP contribution in [0.25, 0.3) is 27.0 Å². The molecule has 0 fully saturated rings. The van der Waals surface area contributed by atoms with E-state index in [1.54, 1.807) is 12.3 Å². The summed E-state index contributed by atoms with van der Waals surface area (Å²) < 4.78 is 39.0. The van der Waals surface area contributed by atoms with Crippen molar-refractivity contribution in [2.24, 2.45) is 0 Å². The lowest BCUT2D eigenvalue weighted by Gasteiger charge is -2.01. The normalized spacial score (nSPS) is 10.6. The maximum atomic E-state index is 9.75. The van der Waals surface area contributed by atoms with Gasteiger partial charge < -0.3 is 17.3 Å². The minimum Gasteiger partial charge on any atom is -0.418 e. The highest BCUT2D eigenvalue weighted by molar-refractivity contribution is 6.50. The van der Waals surface area contributed by atoms with Crippen molar-refractivity contribution < 1.29 is 17.3 Å². The zero-order valence-electron chi connectivity index (χ0n) is 11.7. The zero-order valence-corrected chi connectivity index (χ0v) is 11.7. The molecule has 0 amide bonds. The Bertz CT molecular complexity index is 839. The van der Waals surface area contributed by atoms with Gasteiger partial charge in [0.2, 0.25) is 5.39 Å². The van der Waals surface area contributed by atoms with Crippen LogP contribution in [0.1, 0.15) is 0 Å². The smallest absolute Gasteiger partial charge is 0.418 e. The number of hydrogen-bond donors (Lipinski definition) is 0. The van der Waals surface area contributed by atoms with Crippen LogP contribution in [-0.4, -0.2) is 12.2 Å². The third-order valence-electron chi connectivity index (χ3n) is 2.90. The molecule has 3 nitrogen and oxygen atoms in total. The molecule has 3 rings (SSSR count). The molecular weight excluding hydrogens is 309 g/mol. The average Bonchev–Trinajstić information content (AvgIpc) is 2.53. The van der Waals surface area contributed by atoms with E-state index in [0.717, 1.165) is 16.5 Å². The van der Waals surface area contributed by atoms with Gasteiger partial charge in [0.05, 0.1) is 0 Å². The van der Waals surface area contributed by atoms with Crippen LogP contribution in [0.3, 0.4) is 0 Å². The van der Waals surface area contributed by atoms with Gasteiger partial charge in [-0.05, 0) is 11.6 Å². The molecule has 1 heterocycles. The van der Waals surface area contributed by atoms with E-state index in [9.17, 15) is 17.3 Å². The van der Waals surface area contributed by atoms with Crippen LogP contribution in [0.5, 0.6) is 0 Å². The highest BCUT2D eigenvalue weighted by Gasteiger charge is 2.20. The van der Waals surface area contributed by atoms with E-state index in [1.807, 2.05) is 48.5 Å². The first-order valence-electron chi connectivity index (χ1n) is 6.55. The van der Waals surface area contributed by atoms with Crippen molar-refractivity contribution in [1.29, 1.82) is 5.39 Å². The number of diazo groups is 1. The predicted octanol–water partition coefficient (Wildman–Crippen LogP) is 5.69. The van der Waals surface area contributed by atoms with Crippen molar-refractivity contribution in [2.75, 3.05) is 0 Å². The van der Waals surface area contributed by atoms with Crippen molar-refractivity contribution in [3.63, 3.8) is 0 Å². The molecule has 0 spiro atoms. The monoisotopic (exact) mass is 319 g/mol. The van der Waals surface area contributed by atoms with E-state index >= 15 is 0 Å². The quantitative estimate of drug-likeness (QED) is 0.328. The second-order valence-corrected chi connectivity index (χ2v) is 4.53. The molecule has 0 bridgehead atoms. The van der Waals surface area contributed by atoms with Gasteiger partial charge in [-0.3, -0.25) is 0 Å². The number of halogens is 4. The number of pyridine rings is 1. The summed E-state index contributed by atoms with van der Waals surface area (Å²) in [5.41, 5.74) is 3.38. The molecule has 0 aliphatic rings. The standard InChI is InChI=1S/C15H10N3.BF4/c16-18-14-8-4-7-12-9-13(10-17-15(12)14)11-5-2-1-3-6-11;2-1(3,4)5/h1-10H;/q+1;-1. The molecule has 116 valence electrons. The third kappa shape index (κ3) is 4.78. The van der Waals surface area contributed by atoms with Crippen molar-refractivity contribution >= 4 is 23.8 Å². The SMILES string of the molecule is F[B-](F)(F)F.N#[N+]c1cccc2cc(-c3ccccc3)cnc12. The average molecular weight is 319 g/mol. The summed E-state index contributed by atoms with van der Waals surface area (Å²) in [6, 6.07) is 17.7. The summed E-state index contributed by atoms with van der Waals surface area (Å²) >= 11 is 0. The van der Waals surface area contributed by atoms with Crippen molar-refractivity contribution in [3.8, 4) is 11.1 Å². The Hall–Kier alpha value is -2.95. The molecule has 23 heavy (non-hydrogen) atoms. The molecule has 0 unspecified atom stereocenters. The predicted molar refractivity (Wildman–Crippen MR) is 82.1 cm³/mol. The molecule has 0 atom stereocenters. The maximum absolute atomic E-state index is 9.75. The molecular formula is C15H10BF4N3. The Labute approximate surface area is 129 Å². The minimum absolute atomic E-state index is 0.493. The van der Waals surface area contributed by atoms with E-state index in [2.05, 4.69) is 9.96 Å². The fourth-order valence-electron chi connectivity index (χ4n) is 2.01. The van der Waals surface area contributed by atoms with Gasteiger partial charge in [0.15, 0.2) is 10.5 Å². The number of rotatable bonds is 1. The van der Waals surface area contributed by atoms with Crippen LogP contribution in [0, 0.1) is 5.39 Å². The van der Waals surface area contributed by atoms with Crippen LogP contribution in [-0.2, 0) is 0 Å². The number of benzene rings is 2. The van der Waals surface area contributed by atoms with Gasteiger partial charge in [0.25, 0.3) is 0 Å². The topological polar surface area (TPSA) is 41.0 Å². The fraction of sp³-hybridized carbons (Fsp3) is 0. The molecule has 2 aromatic carbocycles. The molecule has 0 saturated heterocycles. The Morgan fingerprint density at radius 2 is 1.52 bits per heavy atom. The first kappa shape index (κ1) is 16.4. The maximum Gasteiger partial charge on any atom is 0.673 e. The van der Waals surface area contributed by atoms with Gasteiger partial charge in [0, 0.05) is 23.2 Å². The summed E-state index contributed by atoms with van der Waals surface area (Å²) in [6.45, 7) is 0. The summed E-state index contributed by atoms with van der Waals surface area (Å²) in [4.78, 5) is 7.61. The molecule has 8 heteroatoms. The second-order valence-electron chi connectivity index (χ2n) is 4.53. The lowest BCUT2D eigenvalue weighted by Crippen LogP contribution is -2.02. The number of para-hydroxylation sites is 1. The van der Waals surface area contributed by atoms with Crippen LogP contribution in [0.15, 0.2) is 60.8 Å². The molecule has 1 aromatic heterocycles. The van der Waals surface area contributed by atoms with Crippen molar-refractivity contribution in [1.82, 2.24) is 4.98 Å². The first-order chi connectivity index (χ1) is 10.9. The highest BCUT2D eigenvalue weighted by Crippen LogP contribution is 2.27. The van der Waals surface area contributed by atoms with Crippen LogP contribution < -0.4 is 0 Å². The van der Waals surface area contributed by atoms with E-state index in [0.29, 0.717) is 11.2 Å². The molecule has 0 aliphatic carbocycles. The fourth-order valence-corrected chi connectivity index (χ4v) is 2.01. The lowest BCUT2D eigenvalue weighted by molar-refractivity contribution is 0.368. The molecule has 3 aromatic rings. The van der Waals surface area contributed by atoms with Crippen molar-refractivity contribution in [2.45, 2.75) is 0 Å². The molecule has 0 N–H and O–H groups in total. The van der Waals surface area contributed by atoms with Crippen LogP contribution in [0.4, 0.5) is 23.0 Å². The number of aromatic nitrogens is 1. The van der Waals surface area contributed by atoms with Gasteiger partial charge in [-0.2, -0.15) is 0 Å². The van der Waals surface area contributed by atoms with Crippen LogP contribution in [0.2, 0.25) is 0 Å². The van der Waals surface area contributed by atoms with E-state index in [-0.39, 0.29) is 0 Å². The van der Waals surface area contributed by atoms with Gasteiger partial charge in [-0.25, -0.2) is 4.98 Å². The lowest BCUT2D eigenvalue weighted by atomic mass is 10.1. The molecule has 0 radical (unpaired) electrons. The van der Waals surface area contributed by atoms with E-state index in [4.69, 9.17) is 5.39 Å². The number of fused-ring (bicyclic) bond motifs is 1. The summed E-state index contributed by atoms with van der Waals surface area (Å²) in [5, 5.41) is 9.87. The highest BCUT2D eigenvalue weighted by atomic mass is 19.5. The summed E-state index contributed by atoms with van der Waals surface area (Å²) in [7, 11) is -6.00. The summed E-state index contributed by atoms with van der Waals surface area (Å²) in [6.07, 6.45) is 1.80. The first-order valence-corrected chi connectivity index (χ1v) is 6.55. The van der Waals surface area contributed by atoms with Gasteiger partial charge in [-0.1, -0.05) is 42.5 Å². The zero-order chi connectivity index (χ0) is 16.9. The minimum atomic E-state index is -6.00. The van der Waals surface area contributed by atoms with E-state index < -0.39 is 7.25 Å². The molecule has 0 aliphatic heterocycles. The number of hydrogen-bond acceptors (Lipinski definition) is 2. The largest absolute Gasteiger partial charge is 0.673 e. The summed E-state index contributed by atoms with van der Waals surface area (Å²) in [5.74, 6) is 0. The van der Waals surface area contributed by atoms with Gasteiger partial charge in [0.1, 0.15) is 0 Å². The Morgan fingerprint density at radius 1 is 0.870 bits per heavy atom. The van der Waals surface area contributed by atoms with Crippen molar-refractivity contribution in [3.05, 3.63) is 65.8 Å². The Balaban J connectivity index is 0.000000338. The van der Waals surface area contributed by atoms with E-state index in [1.165, 1.54) is 0 Å². The van der Waals surface area contributed by atoms with Gasteiger partial charge >= 0.3 is 12.9 Å². The van der Waals surface area contributed by atoms with Crippen LogP contribution >= 0.6 is 0 Å². The second kappa shape index (κ2) is 6.88. The Morgan fingerprint density at radius 3 is 2.13 bits per heavy atom. The van der Waals surface area contributed by atoms with Gasteiger partial charge in [-0.15, -0.1) is 0 Å².